The van der Waals surface area contributed by atoms with Gasteiger partial charge in [0, 0.05) is 6.07 Å². The Kier molecular flexibility index (Phi) is 2.66. The van der Waals surface area contributed by atoms with Crippen LogP contribution in [0.3, 0.4) is 0 Å². The van der Waals surface area contributed by atoms with Crippen molar-refractivity contribution in [1.82, 2.24) is 9.55 Å². The van der Waals surface area contributed by atoms with Crippen molar-refractivity contribution in [3.63, 3.8) is 0 Å². The Bertz CT molecular complexity index is 861. The molecule has 0 aliphatic heterocycles. The number of imidazole rings is 1. The van der Waals surface area contributed by atoms with Gasteiger partial charge < -0.3 is 0 Å². The number of aromatic nitrogens is 2. The van der Waals surface area contributed by atoms with Crippen molar-refractivity contribution in [2.24, 2.45) is 0 Å². The first-order valence-corrected chi connectivity index (χ1v) is 5.81. The molecule has 3 aromatic rings. The maximum atomic E-state index is 11.2. The maximum Gasteiger partial charge on any atom is 0.294 e. The van der Waals surface area contributed by atoms with Gasteiger partial charge in [-0.3, -0.25) is 14.7 Å². The zero-order valence-electron chi connectivity index (χ0n) is 10.2. The molecule has 0 fully saturated rings. The van der Waals surface area contributed by atoms with E-state index < -0.39 is 4.92 Å². The fourth-order valence-corrected chi connectivity index (χ4v) is 2.09. The summed E-state index contributed by atoms with van der Waals surface area (Å²) in [5, 5.41) is 20.0. The predicted octanol–water partition coefficient (Wildman–Crippen LogP) is 2.81. The molecule has 20 heavy (non-hydrogen) atoms. The van der Waals surface area contributed by atoms with E-state index in [1.54, 1.807) is 23.0 Å². The molecule has 0 aliphatic carbocycles. The van der Waals surface area contributed by atoms with E-state index in [0.29, 0.717) is 5.69 Å². The number of nitriles is 1. The summed E-state index contributed by atoms with van der Waals surface area (Å²) in [5.74, 6) is 0. The van der Waals surface area contributed by atoms with Crippen LogP contribution in [0.1, 0.15) is 5.56 Å². The van der Waals surface area contributed by atoms with Crippen LogP contribution in [-0.2, 0) is 0 Å². The highest BCUT2D eigenvalue weighted by Crippen LogP contribution is 2.27. The molecule has 0 radical (unpaired) electrons. The zero-order valence-corrected chi connectivity index (χ0v) is 10.2. The lowest BCUT2D eigenvalue weighted by Crippen LogP contribution is -1.99. The van der Waals surface area contributed by atoms with Crippen LogP contribution in [0.5, 0.6) is 0 Å². The van der Waals surface area contributed by atoms with Crippen molar-refractivity contribution >= 4 is 16.7 Å². The molecule has 0 spiro atoms. The van der Waals surface area contributed by atoms with Crippen LogP contribution < -0.4 is 0 Å². The molecule has 0 unspecified atom stereocenters. The predicted molar refractivity (Wildman–Crippen MR) is 72.4 cm³/mol. The first-order valence-electron chi connectivity index (χ1n) is 5.81. The van der Waals surface area contributed by atoms with Gasteiger partial charge in [0.15, 0.2) is 0 Å². The normalized spacial score (nSPS) is 10.3. The topological polar surface area (TPSA) is 84.8 Å². The number of hydrogen-bond acceptors (Lipinski definition) is 4. The molecule has 2 aromatic carbocycles. The summed E-state index contributed by atoms with van der Waals surface area (Å²) in [7, 11) is 0. The minimum absolute atomic E-state index is 0.118. The Morgan fingerprint density at radius 1 is 1.25 bits per heavy atom. The number of nitro groups is 1. The molecule has 6 heteroatoms. The van der Waals surface area contributed by atoms with E-state index in [1.807, 2.05) is 30.3 Å². The molecule has 1 aromatic heterocycles. The lowest BCUT2D eigenvalue weighted by atomic mass is 10.2. The van der Waals surface area contributed by atoms with E-state index in [9.17, 15) is 10.1 Å². The van der Waals surface area contributed by atoms with Crippen molar-refractivity contribution in [3.05, 3.63) is 64.5 Å². The number of nitro benzene ring substituents is 1. The Morgan fingerprint density at radius 2 is 2.05 bits per heavy atom. The average molecular weight is 264 g/mol. The Hall–Kier alpha value is -3.20. The molecule has 0 saturated carbocycles. The Balaban J connectivity index is 2.29. The van der Waals surface area contributed by atoms with Gasteiger partial charge in [0.1, 0.15) is 12.0 Å². The van der Waals surface area contributed by atoms with Gasteiger partial charge in [-0.05, 0) is 24.3 Å². The molecular weight excluding hydrogens is 256 g/mol. The standard InChI is InChI=1S/C14H8N4O2/c15-8-10-5-6-13(14(7-10)18(19)20)17-9-16-11-3-1-2-4-12(11)17/h1-7,9H. The molecule has 6 nitrogen and oxygen atoms in total. The summed E-state index contributed by atoms with van der Waals surface area (Å²) in [6, 6.07) is 13.7. The van der Waals surface area contributed by atoms with Crippen LogP contribution in [-0.4, -0.2) is 14.5 Å². The van der Waals surface area contributed by atoms with E-state index >= 15 is 0 Å². The van der Waals surface area contributed by atoms with Gasteiger partial charge in [-0.1, -0.05) is 12.1 Å². The minimum Gasteiger partial charge on any atom is -0.293 e. The molecular formula is C14H8N4O2. The summed E-state index contributed by atoms with van der Waals surface area (Å²) in [4.78, 5) is 14.9. The molecule has 0 amide bonds. The third-order valence-corrected chi connectivity index (χ3v) is 3.01. The molecule has 0 saturated heterocycles. The van der Waals surface area contributed by atoms with Crippen molar-refractivity contribution < 1.29 is 4.92 Å². The van der Waals surface area contributed by atoms with Gasteiger partial charge in [0.25, 0.3) is 5.69 Å². The monoisotopic (exact) mass is 264 g/mol. The molecule has 3 rings (SSSR count). The minimum atomic E-state index is -0.495. The lowest BCUT2D eigenvalue weighted by molar-refractivity contribution is -0.384. The summed E-state index contributed by atoms with van der Waals surface area (Å²) < 4.78 is 1.65. The summed E-state index contributed by atoms with van der Waals surface area (Å²) in [5.41, 5.74) is 2.06. The molecule has 1 heterocycles. The van der Waals surface area contributed by atoms with Crippen molar-refractivity contribution in [2.45, 2.75) is 0 Å². The van der Waals surface area contributed by atoms with Crippen LogP contribution in [0.25, 0.3) is 16.7 Å². The summed E-state index contributed by atoms with van der Waals surface area (Å²) in [6.07, 6.45) is 1.54. The highest BCUT2D eigenvalue weighted by Gasteiger charge is 2.17. The molecule has 0 aliphatic rings. The van der Waals surface area contributed by atoms with Crippen molar-refractivity contribution in [2.75, 3.05) is 0 Å². The number of fused-ring (bicyclic) bond motifs is 1. The fraction of sp³-hybridized carbons (Fsp3) is 0. The second-order valence-electron chi connectivity index (χ2n) is 4.18. The van der Waals surface area contributed by atoms with E-state index in [2.05, 4.69) is 4.98 Å². The first-order chi connectivity index (χ1) is 9.70. The smallest absolute Gasteiger partial charge is 0.293 e. The number of benzene rings is 2. The Labute approximate surface area is 113 Å². The van der Waals surface area contributed by atoms with Crippen molar-refractivity contribution in [3.8, 4) is 11.8 Å². The van der Waals surface area contributed by atoms with Crippen LogP contribution in [0, 0.1) is 21.4 Å². The molecule has 0 atom stereocenters. The quantitative estimate of drug-likeness (QED) is 0.526. The van der Waals surface area contributed by atoms with Crippen LogP contribution in [0.2, 0.25) is 0 Å². The second-order valence-corrected chi connectivity index (χ2v) is 4.18. The third kappa shape index (κ3) is 1.78. The molecule has 96 valence electrons. The van der Waals surface area contributed by atoms with E-state index in [4.69, 9.17) is 5.26 Å². The van der Waals surface area contributed by atoms with E-state index in [1.165, 1.54) is 6.07 Å². The van der Waals surface area contributed by atoms with Gasteiger partial charge >= 0.3 is 0 Å². The van der Waals surface area contributed by atoms with Gasteiger partial charge in [-0.15, -0.1) is 0 Å². The number of nitrogens with zero attached hydrogens (tertiary/aromatic N) is 4. The summed E-state index contributed by atoms with van der Waals surface area (Å²) >= 11 is 0. The zero-order chi connectivity index (χ0) is 14.1. The SMILES string of the molecule is N#Cc1ccc(-n2cnc3ccccc32)c([N+](=O)[O-])c1. The molecule has 0 N–H and O–H groups in total. The van der Waals surface area contributed by atoms with Gasteiger partial charge in [0.2, 0.25) is 0 Å². The van der Waals surface area contributed by atoms with Gasteiger partial charge in [-0.2, -0.15) is 5.26 Å². The second kappa shape index (κ2) is 4.48. The van der Waals surface area contributed by atoms with Crippen molar-refractivity contribution in [1.29, 1.82) is 5.26 Å². The third-order valence-electron chi connectivity index (χ3n) is 3.01. The fourth-order valence-electron chi connectivity index (χ4n) is 2.09. The van der Waals surface area contributed by atoms with Gasteiger partial charge in [0.05, 0.1) is 27.6 Å². The Morgan fingerprint density at radius 3 is 2.80 bits per heavy atom. The number of rotatable bonds is 2. The largest absolute Gasteiger partial charge is 0.294 e. The average Bonchev–Trinajstić information content (AvgIpc) is 2.90. The number of para-hydroxylation sites is 2. The first kappa shape index (κ1) is 11.9. The van der Waals surface area contributed by atoms with E-state index in [-0.39, 0.29) is 11.3 Å². The highest BCUT2D eigenvalue weighted by molar-refractivity contribution is 5.78. The lowest BCUT2D eigenvalue weighted by Gasteiger charge is -2.05. The summed E-state index contributed by atoms with van der Waals surface area (Å²) in [6.45, 7) is 0. The highest BCUT2D eigenvalue weighted by atomic mass is 16.6. The van der Waals surface area contributed by atoms with Crippen LogP contribution in [0.15, 0.2) is 48.8 Å². The maximum absolute atomic E-state index is 11.2. The van der Waals surface area contributed by atoms with E-state index in [0.717, 1.165) is 11.0 Å². The van der Waals surface area contributed by atoms with Crippen LogP contribution >= 0.6 is 0 Å². The van der Waals surface area contributed by atoms with Gasteiger partial charge in [-0.25, -0.2) is 4.98 Å². The van der Waals surface area contributed by atoms with Crippen LogP contribution in [0.4, 0.5) is 5.69 Å². The number of hydrogen-bond donors (Lipinski definition) is 0. The molecule has 0 bridgehead atoms.